The van der Waals surface area contributed by atoms with Crippen LogP contribution >= 0.6 is 23.4 Å². The van der Waals surface area contributed by atoms with Gasteiger partial charge in [-0.2, -0.15) is 4.68 Å². The summed E-state index contributed by atoms with van der Waals surface area (Å²) in [6, 6.07) is 14.0. The fourth-order valence-corrected chi connectivity index (χ4v) is 3.88. The van der Waals surface area contributed by atoms with Gasteiger partial charge in [0.25, 0.3) is 0 Å². The number of benzene rings is 2. The second kappa shape index (κ2) is 6.72. The minimum atomic E-state index is 0.151. The first-order valence-corrected chi connectivity index (χ1v) is 8.59. The first-order valence-electron chi connectivity index (χ1n) is 7.34. The van der Waals surface area contributed by atoms with Crippen LogP contribution in [-0.2, 0) is 0 Å². The van der Waals surface area contributed by atoms with Crippen molar-refractivity contribution in [2.24, 2.45) is 0 Å². The lowest BCUT2D eigenvalue weighted by atomic mass is 10.1. The molecule has 3 rings (SSSR count). The molecule has 0 aliphatic carbocycles. The molecule has 0 aliphatic heterocycles. The second-order valence-corrected chi connectivity index (χ2v) is 7.11. The molecule has 118 valence electrons. The number of halogens is 1. The predicted octanol–water partition coefficient (Wildman–Crippen LogP) is 4.79. The Hall–Kier alpha value is -1.85. The SMILES string of the molecule is Cc1cccc(C)c1-n1nnnc1SC(C)c1ccccc1Cl. The maximum absolute atomic E-state index is 6.29. The van der Waals surface area contributed by atoms with Gasteiger partial charge in [0.1, 0.15) is 0 Å². The molecular weight excluding hydrogens is 328 g/mol. The van der Waals surface area contributed by atoms with E-state index in [0.717, 1.165) is 32.6 Å². The summed E-state index contributed by atoms with van der Waals surface area (Å²) < 4.78 is 1.81. The van der Waals surface area contributed by atoms with Crippen molar-refractivity contribution in [1.82, 2.24) is 20.2 Å². The highest BCUT2D eigenvalue weighted by molar-refractivity contribution is 7.99. The molecule has 1 heterocycles. The number of nitrogens with zero attached hydrogens (tertiary/aromatic N) is 4. The summed E-state index contributed by atoms with van der Waals surface area (Å²) in [5.74, 6) is 0. The minimum Gasteiger partial charge on any atom is -0.187 e. The lowest BCUT2D eigenvalue weighted by Crippen LogP contribution is -2.04. The standard InChI is InChI=1S/C17H17ClN4S/c1-11-7-6-8-12(2)16(11)22-17(19-20-21-22)23-13(3)14-9-4-5-10-15(14)18/h4-10,13H,1-3H3. The van der Waals surface area contributed by atoms with E-state index >= 15 is 0 Å². The van der Waals surface area contributed by atoms with Crippen LogP contribution in [0.2, 0.25) is 5.02 Å². The van der Waals surface area contributed by atoms with Crippen LogP contribution in [0, 0.1) is 13.8 Å². The number of para-hydroxylation sites is 1. The van der Waals surface area contributed by atoms with Gasteiger partial charge in [-0.15, -0.1) is 5.10 Å². The first-order chi connectivity index (χ1) is 11.1. The lowest BCUT2D eigenvalue weighted by molar-refractivity contribution is 0.746. The number of aryl methyl sites for hydroxylation is 2. The van der Waals surface area contributed by atoms with E-state index in [-0.39, 0.29) is 5.25 Å². The Balaban J connectivity index is 1.95. The number of hydrogen-bond donors (Lipinski definition) is 0. The van der Waals surface area contributed by atoms with Gasteiger partial charge >= 0.3 is 0 Å². The van der Waals surface area contributed by atoms with Crippen LogP contribution in [0.15, 0.2) is 47.6 Å². The molecule has 0 amide bonds. The van der Waals surface area contributed by atoms with Crippen LogP contribution in [0.3, 0.4) is 0 Å². The quantitative estimate of drug-likeness (QED) is 0.638. The number of hydrogen-bond acceptors (Lipinski definition) is 4. The Labute approximate surface area is 144 Å². The molecule has 3 aromatic rings. The van der Waals surface area contributed by atoms with Gasteiger partial charge in [-0.1, -0.05) is 59.8 Å². The fourth-order valence-electron chi connectivity index (χ4n) is 2.56. The van der Waals surface area contributed by atoms with Gasteiger partial charge < -0.3 is 0 Å². The van der Waals surface area contributed by atoms with Gasteiger partial charge in [0, 0.05) is 10.3 Å². The van der Waals surface area contributed by atoms with Gasteiger partial charge in [-0.05, 0) is 54.0 Å². The largest absolute Gasteiger partial charge is 0.214 e. The second-order valence-electron chi connectivity index (χ2n) is 5.40. The van der Waals surface area contributed by atoms with Gasteiger partial charge in [0.2, 0.25) is 5.16 Å². The van der Waals surface area contributed by atoms with E-state index in [4.69, 9.17) is 11.6 Å². The molecule has 23 heavy (non-hydrogen) atoms. The van der Waals surface area contributed by atoms with Crippen molar-refractivity contribution in [3.63, 3.8) is 0 Å². The molecule has 1 aromatic heterocycles. The van der Waals surface area contributed by atoms with Crippen molar-refractivity contribution in [1.29, 1.82) is 0 Å². The van der Waals surface area contributed by atoms with E-state index in [9.17, 15) is 0 Å². The maximum Gasteiger partial charge on any atom is 0.214 e. The fraction of sp³-hybridized carbons (Fsp3) is 0.235. The molecule has 1 atom stereocenters. The molecule has 0 saturated carbocycles. The van der Waals surface area contributed by atoms with E-state index < -0.39 is 0 Å². The maximum atomic E-state index is 6.29. The van der Waals surface area contributed by atoms with Crippen molar-refractivity contribution in [3.05, 3.63) is 64.2 Å². The molecular formula is C17H17ClN4S. The third kappa shape index (κ3) is 3.26. The average Bonchev–Trinajstić information content (AvgIpc) is 2.95. The molecule has 6 heteroatoms. The molecule has 1 unspecified atom stereocenters. The van der Waals surface area contributed by atoms with E-state index in [1.54, 1.807) is 11.8 Å². The smallest absolute Gasteiger partial charge is 0.187 e. The van der Waals surface area contributed by atoms with Crippen molar-refractivity contribution in [3.8, 4) is 5.69 Å². The zero-order valence-electron chi connectivity index (χ0n) is 13.2. The number of rotatable bonds is 4. The number of thioether (sulfide) groups is 1. The van der Waals surface area contributed by atoms with Crippen LogP contribution in [-0.4, -0.2) is 20.2 Å². The summed E-state index contributed by atoms with van der Waals surface area (Å²) in [5.41, 5.74) is 4.40. The Morgan fingerprint density at radius 1 is 1.04 bits per heavy atom. The highest BCUT2D eigenvalue weighted by Gasteiger charge is 2.18. The molecule has 0 bridgehead atoms. The van der Waals surface area contributed by atoms with Crippen LogP contribution in [0.4, 0.5) is 0 Å². The first kappa shape index (κ1) is 16.0. The molecule has 4 nitrogen and oxygen atoms in total. The Morgan fingerprint density at radius 2 is 1.74 bits per heavy atom. The summed E-state index contributed by atoms with van der Waals surface area (Å²) >= 11 is 7.89. The highest BCUT2D eigenvalue weighted by atomic mass is 35.5. The van der Waals surface area contributed by atoms with Crippen molar-refractivity contribution in [2.45, 2.75) is 31.2 Å². The zero-order valence-corrected chi connectivity index (χ0v) is 14.8. The van der Waals surface area contributed by atoms with E-state index in [1.165, 1.54) is 0 Å². The number of tetrazole rings is 1. The van der Waals surface area contributed by atoms with Crippen molar-refractivity contribution < 1.29 is 0 Å². The zero-order chi connectivity index (χ0) is 16.4. The number of aromatic nitrogens is 4. The molecule has 0 aliphatic rings. The molecule has 0 saturated heterocycles. The van der Waals surface area contributed by atoms with E-state index in [2.05, 4.69) is 48.4 Å². The Morgan fingerprint density at radius 3 is 2.43 bits per heavy atom. The molecule has 0 spiro atoms. The summed E-state index contributed by atoms with van der Waals surface area (Å²) in [6.45, 7) is 6.24. The molecule has 0 fully saturated rings. The van der Waals surface area contributed by atoms with E-state index in [1.807, 2.05) is 35.0 Å². The van der Waals surface area contributed by atoms with Crippen LogP contribution in [0.1, 0.15) is 28.9 Å². The molecule has 0 N–H and O–H groups in total. The summed E-state index contributed by atoms with van der Waals surface area (Å²) in [6.07, 6.45) is 0. The average molecular weight is 345 g/mol. The minimum absolute atomic E-state index is 0.151. The lowest BCUT2D eigenvalue weighted by Gasteiger charge is -2.14. The van der Waals surface area contributed by atoms with Crippen LogP contribution in [0.25, 0.3) is 5.69 Å². The third-order valence-corrected chi connectivity index (χ3v) is 5.13. The Kier molecular flexibility index (Phi) is 4.68. The third-order valence-electron chi connectivity index (χ3n) is 3.72. The van der Waals surface area contributed by atoms with E-state index in [0.29, 0.717) is 0 Å². The summed E-state index contributed by atoms with van der Waals surface area (Å²) in [7, 11) is 0. The van der Waals surface area contributed by atoms with Crippen LogP contribution < -0.4 is 0 Å². The van der Waals surface area contributed by atoms with Crippen molar-refractivity contribution in [2.75, 3.05) is 0 Å². The van der Waals surface area contributed by atoms with Crippen LogP contribution in [0.5, 0.6) is 0 Å². The molecule has 0 radical (unpaired) electrons. The van der Waals surface area contributed by atoms with Gasteiger partial charge in [-0.3, -0.25) is 0 Å². The normalized spacial score (nSPS) is 12.3. The van der Waals surface area contributed by atoms with Gasteiger partial charge in [0.15, 0.2) is 0 Å². The highest BCUT2D eigenvalue weighted by Crippen LogP contribution is 2.37. The monoisotopic (exact) mass is 344 g/mol. The van der Waals surface area contributed by atoms with Crippen molar-refractivity contribution >= 4 is 23.4 Å². The molecule has 2 aromatic carbocycles. The Bertz CT molecular complexity index is 811. The topological polar surface area (TPSA) is 43.6 Å². The van der Waals surface area contributed by atoms with Gasteiger partial charge in [0.05, 0.1) is 5.69 Å². The summed E-state index contributed by atoms with van der Waals surface area (Å²) in [4.78, 5) is 0. The predicted molar refractivity (Wildman–Crippen MR) is 94.4 cm³/mol. The van der Waals surface area contributed by atoms with Gasteiger partial charge in [-0.25, -0.2) is 0 Å². The summed E-state index contributed by atoms with van der Waals surface area (Å²) in [5, 5.41) is 13.9.